The molecule has 142 valence electrons. The maximum absolute atomic E-state index is 13.5. The Bertz CT molecular complexity index is 899. The Labute approximate surface area is 165 Å². The lowest BCUT2D eigenvalue weighted by Crippen LogP contribution is -2.42. The molecule has 1 atom stereocenters. The average Bonchev–Trinajstić information content (AvgIpc) is 3.09. The van der Waals surface area contributed by atoms with E-state index in [4.69, 9.17) is 16.3 Å². The molecule has 27 heavy (non-hydrogen) atoms. The van der Waals surface area contributed by atoms with Crippen LogP contribution < -0.4 is 4.90 Å². The van der Waals surface area contributed by atoms with Gasteiger partial charge in [-0.3, -0.25) is 9.69 Å². The number of hydrogen-bond donors (Lipinski definition) is 0. The molecule has 2 aliphatic rings. The number of carbonyl (C=O) groups is 1. The summed E-state index contributed by atoms with van der Waals surface area (Å²) in [6.07, 6.45) is 4.80. The number of nitrogens with zero attached hydrogens (tertiary/aromatic N) is 3. The van der Waals surface area contributed by atoms with Crippen molar-refractivity contribution in [2.24, 2.45) is 0 Å². The van der Waals surface area contributed by atoms with E-state index in [0.717, 1.165) is 28.6 Å². The SMILES string of the molecule is C[Si](C)(C)CCOCN1C(=O)[C@]2(Cc3cnc(Cl)cc3C2)c2cccnc21. The highest BCUT2D eigenvalue weighted by molar-refractivity contribution is 6.76. The summed E-state index contributed by atoms with van der Waals surface area (Å²) in [4.78, 5) is 23.9. The Kier molecular flexibility index (Phi) is 4.61. The van der Waals surface area contributed by atoms with Crippen molar-refractivity contribution in [2.45, 2.75) is 43.9 Å². The Morgan fingerprint density at radius 1 is 1.26 bits per heavy atom. The quantitative estimate of drug-likeness (QED) is 0.434. The second-order valence-corrected chi connectivity index (χ2v) is 14.7. The van der Waals surface area contributed by atoms with Gasteiger partial charge in [0.2, 0.25) is 5.91 Å². The van der Waals surface area contributed by atoms with Crippen molar-refractivity contribution in [2.75, 3.05) is 18.2 Å². The summed E-state index contributed by atoms with van der Waals surface area (Å²) >= 11 is 6.07. The number of ether oxygens (including phenoxy) is 1. The van der Waals surface area contributed by atoms with Gasteiger partial charge in [0.15, 0.2) is 0 Å². The normalized spacial score (nSPS) is 21.0. The van der Waals surface area contributed by atoms with E-state index in [-0.39, 0.29) is 12.6 Å². The van der Waals surface area contributed by atoms with E-state index >= 15 is 0 Å². The van der Waals surface area contributed by atoms with Crippen molar-refractivity contribution in [1.29, 1.82) is 0 Å². The van der Waals surface area contributed by atoms with E-state index in [0.29, 0.717) is 24.6 Å². The molecule has 1 spiro atoms. The number of rotatable bonds is 5. The number of fused-ring (bicyclic) bond motifs is 3. The summed E-state index contributed by atoms with van der Waals surface area (Å²) in [7, 11) is -1.17. The Morgan fingerprint density at radius 3 is 2.81 bits per heavy atom. The average molecular weight is 402 g/mol. The maximum Gasteiger partial charge on any atom is 0.241 e. The number of hydrogen-bond acceptors (Lipinski definition) is 4. The van der Waals surface area contributed by atoms with E-state index in [1.807, 2.05) is 18.2 Å². The molecule has 7 heteroatoms. The molecule has 0 saturated heterocycles. The van der Waals surface area contributed by atoms with Gasteiger partial charge in [-0.05, 0) is 42.1 Å². The summed E-state index contributed by atoms with van der Waals surface area (Å²) in [6, 6.07) is 6.87. The van der Waals surface area contributed by atoms with Crippen molar-refractivity contribution >= 4 is 31.4 Å². The zero-order valence-electron chi connectivity index (χ0n) is 16.0. The number of anilines is 1. The Morgan fingerprint density at radius 2 is 2.04 bits per heavy atom. The summed E-state index contributed by atoms with van der Waals surface area (Å²) in [5.41, 5.74) is 2.56. The molecule has 0 N–H and O–H groups in total. The van der Waals surface area contributed by atoms with Crippen LogP contribution in [0.25, 0.3) is 0 Å². The molecule has 2 aromatic heterocycles. The second-order valence-electron chi connectivity index (χ2n) is 8.67. The van der Waals surface area contributed by atoms with E-state index in [9.17, 15) is 4.79 Å². The Balaban J connectivity index is 1.60. The van der Waals surface area contributed by atoms with Crippen LogP contribution in [-0.2, 0) is 27.8 Å². The van der Waals surface area contributed by atoms with Crippen LogP contribution in [0, 0.1) is 0 Å². The fourth-order valence-corrected chi connectivity index (χ4v) is 4.92. The zero-order valence-corrected chi connectivity index (χ0v) is 17.7. The van der Waals surface area contributed by atoms with E-state index < -0.39 is 13.5 Å². The number of pyridine rings is 2. The predicted molar refractivity (Wildman–Crippen MR) is 109 cm³/mol. The smallest absolute Gasteiger partial charge is 0.241 e. The molecule has 0 bridgehead atoms. The first-order chi connectivity index (χ1) is 12.8. The lowest BCUT2D eigenvalue weighted by molar-refractivity contribution is -0.124. The van der Waals surface area contributed by atoms with Gasteiger partial charge in [0, 0.05) is 32.6 Å². The summed E-state index contributed by atoms with van der Waals surface area (Å²) < 4.78 is 5.89. The third-order valence-corrected chi connectivity index (χ3v) is 7.37. The van der Waals surface area contributed by atoms with Gasteiger partial charge in [0.05, 0.1) is 5.41 Å². The van der Waals surface area contributed by atoms with Crippen LogP contribution in [0.2, 0.25) is 30.8 Å². The van der Waals surface area contributed by atoms with Gasteiger partial charge in [-0.2, -0.15) is 0 Å². The molecule has 0 unspecified atom stereocenters. The molecule has 2 aromatic rings. The van der Waals surface area contributed by atoms with Crippen molar-refractivity contribution in [1.82, 2.24) is 9.97 Å². The van der Waals surface area contributed by atoms with Crippen LogP contribution in [0.15, 0.2) is 30.6 Å². The third kappa shape index (κ3) is 3.30. The number of aromatic nitrogens is 2. The summed E-state index contributed by atoms with van der Waals surface area (Å²) in [6.45, 7) is 7.88. The molecule has 4 rings (SSSR count). The van der Waals surface area contributed by atoms with Crippen molar-refractivity contribution in [3.05, 3.63) is 52.4 Å². The topological polar surface area (TPSA) is 55.3 Å². The Hall–Kier alpha value is -1.76. The van der Waals surface area contributed by atoms with Crippen LogP contribution in [0.1, 0.15) is 16.7 Å². The monoisotopic (exact) mass is 401 g/mol. The van der Waals surface area contributed by atoms with Crippen LogP contribution >= 0.6 is 11.6 Å². The van der Waals surface area contributed by atoms with E-state index in [2.05, 4.69) is 29.6 Å². The van der Waals surface area contributed by atoms with Crippen molar-refractivity contribution in [3.8, 4) is 0 Å². The van der Waals surface area contributed by atoms with Crippen LogP contribution in [0.5, 0.6) is 0 Å². The van der Waals surface area contributed by atoms with Crippen molar-refractivity contribution in [3.63, 3.8) is 0 Å². The van der Waals surface area contributed by atoms with Crippen LogP contribution in [0.3, 0.4) is 0 Å². The van der Waals surface area contributed by atoms with Gasteiger partial charge in [-0.25, -0.2) is 9.97 Å². The molecule has 1 aliphatic carbocycles. The third-order valence-electron chi connectivity index (χ3n) is 5.46. The summed E-state index contributed by atoms with van der Waals surface area (Å²) in [5.74, 6) is 0.791. The van der Waals surface area contributed by atoms with Crippen LogP contribution in [-0.4, -0.2) is 37.3 Å². The lowest BCUT2D eigenvalue weighted by atomic mass is 9.79. The molecule has 0 aromatic carbocycles. The van der Waals surface area contributed by atoms with Crippen molar-refractivity contribution < 1.29 is 9.53 Å². The van der Waals surface area contributed by atoms with Gasteiger partial charge in [0.1, 0.15) is 17.7 Å². The first kappa shape index (κ1) is 18.6. The first-order valence-electron chi connectivity index (χ1n) is 9.29. The first-order valence-corrected chi connectivity index (χ1v) is 13.4. The molecular formula is C20H24ClN3O2Si. The second kappa shape index (κ2) is 6.69. The molecule has 1 amide bonds. The van der Waals surface area contributed by atoms with Gasteiger partial charge in [-0.1, -0.05) is 37.3 Å². The maximum atomic E-state index is 13.5. The van der Waals surface area contributed by atoms with E-state index in [1.54, 1.807) is 17.3 Å². The number of amides is 1. The highest BCUT2D eigenvalue weighted by Gasteiger charge is 2.54. The van der Waals surface area contributed by atoms with Gasteiger partial charge in [0.25, 0.3) is 0 Å². The number of halogens is 1. The highest BCUT2D eigenvalue weighted by Crippen LogP contribution is 2.49. The molecule has 1 aliphatic heterocycles. The molecular weight excluding hydrogens is 378 g/mol. The predicted octanol–water partition coefficient (Wildman–Crippen LogP) is 3.83. The minimum Gasteiger partial charge on any atom is -0.361 e. The minimum atomic E-state index is -1.17. The fourth-order valence-electron chi connectivity index (χ4n) is 3.98. The fraction of sp³-hybridized carbons (Fsp3) is 0.450. The highest BCUT2D eigenvalue weighted by atomic mass is 35.5. The van der Waals surface area contributed by atoms with Gasteiger partial charge < -0.3 is 4.74 Å². The lowest BCUT2D eigenvalue weighted by Gasteiger charge is -2.23. The molecule has 0 saturated carbocycles. The molecule has 5 nitrogen and oxygen atoms in total. The number of carbonyl (C=O) groups excluding carboxylic acids is 1. The zero-order chi connectivity index (χ0) is 19.2. The minimum absolute atomic E-state index is 0.0662. The summed E-state index contributed by atoms with van der Waals surface area (Å²) in [5, 5.41) is 0.467. The molecule has 0 fully saturated rings. The van der Waals surface area contributed by atoms with Gasteiger partial charge in [-0.15, -0.1) is 0 Å². The van der Waals surface area contributed by atoms with Gasteiger partial charge >= 0.3 is 0 Å². The molecule has 0 radical (unpaired) electrons. The van der Waals surface area contributed by atoms with E-state index in [1.165, 1.54) is 0 Å². The van der Waals surface area contributed by atoms with Crippen LogP contribution in [0.4, 0.5) is 5.82 Å². The molecule has 3 heterocycles. The standard InChI is InChI=1S/C20H24ClN3O2Si/c1-27(2,3)8-7-26-13-24-18-16(5-4-6-22-18)20(19(24)25)10-14-9-17(21)23-12-15(14)11-20/h4-6,9,12H,7-8,10-11,13H2,1-3H3/t20-/m1/s1. The largest absolute Gasteiger partial charge is 0.361 e.